The van der Waals surface area contributed by atoms with Crippen molar-refractivity contribution in [2.24, 2.45) is 5.92 Å². The highest BCUT2D eigenvalue weighted by Gasteiger charge is 2.36. The number of carboxylic acid groups (broad SMARTS) is 1. The van der Waals surface area contributed by atoms with Crippen LogP contribution in [0.15, 0.2) is 53.8 Å². The van der Waals surface area contributed by atoms with Crippen LogP contribution in [0.25, 0.3) is 11.3 Å². The minimum Gasteiger partial charge on any atom is -0.481 e. The number of alkyl halides is 3. The Morgan fingerprint density at radius 2 is 2.00 bits per heavy atom. The predicted octanol–water partition coefficient (Wildman–Crippen LogP) is 5.95. The Hall–Kier alpha value is -2.94. The minimum atomic E-state index is -4.58. The van der Waals surface area contributed by atoms with Gasteiger partial charge in [0.15, 0.2) is 0 Å². The van der Waals surface area contributed by atoms with Crippen LogP contribution in [0.1, 0.15) is 35.1 Å². The van der Waals surface area contributed by atoms with Crippen LogP contribution >= 0.6 is 11.8 Å². The topological polar surface area (TPSA) is 63.1 Å². The molecule has 1 aromatic carbocycles. The molecule has 9 heteroatoms. The number of carboxylic acids is 1. The molecule has 4 nitrogen and oxygen atoms in total. The largest absolute Gasteiger partial charge is 0.481 e. The molecule has 1 aliphatic carbocycles. The lowest BCUT2D eigenvalue weighted by atomic mass is 9.95. The zero-order chi connectivity index (χ0) is 23.0. The molecular weight excluding hydrogens is 444 g/mol. The van der Waals surface area contributed by atoms with E-state index in [1.165, 1.54) is 36.2 Å². The fourth-order valence-corrected chi connectivity index (χ4v) is 4.90. The van der Waals surface area contributed by atoms with Crippen LogP contribution in [-0.2, 0) is 23.1 Å². The second-order valence-corrected chi connectivity index (χ2v) is 8.71. The number of fused-ring (bicyclic) bond motifs is 1. The average Bonchev–Trinajstić information content (AvgIpc) is 3.07. The molecular formula is C23H18F4N2O2S. The van der Waals surface area contributed by atoms with Crippen molar-refractivity contribution in [3.63, 3.8) is 0 Å². The van der Waals surface area contributed by atoms with Gasteiger partial charge >= 0.3 is 12.1 Å². The molecule has 166 valence electrons. The van der Waals surface area contributed by atoms with Crippen molar-refractivity contribution < 1.29 is 27.5 Å². The van der Waals surface area contributed by atoms with E-state index in [1.807, 2.05) is 13.0 Å². The van der Waals surface area contributed by atoms with Crippen molar-refractivity contribution in [1.82, 2.24) is 9.97 Å². The maximum absolute atomic E-state index is 14.4. The van der Waals surface area contributed by atoms with E-state index >= 15 is 0 Å². The first kappa shape index (κ1) is 22.3. The molecule has 2 heterocycles. The van der Waals surface area contributed by atoms with Crippen LogP contribution in [0.5, 0.6) is 0 Å². The van der Waals surface area contributed by atoms with Gasteiger partial charge in [0.25, 0.3) is 0 Å². The van der Waals surface area contributed by atoms with E-state index in [0.717, 1.165) is 17.7 Å². The third-order valence-corrected chi connectivity index (χ3v) is 6.49. The van der Waals surface area contributed by atoms with Crippen molar-refractivity contribution >= 4 is 17.7 Å². The van der Waals surface area contributed by atoms with Gasteiger partial charge in [-0.2, -0.15) is 13.2 Å². The van der Waals surface area contributed by atoms with Crippen molar-refractivity contribution in [2.45, 2.75) is 36.2 Å². The molecule has 2 aromatic heterocycles. The normalized spacial score (nSPS) is 17.9. The Kier molecular flexibility index (Phi) is 5.94. The standard InChI is InChI=1S/C23H18F4N2O2S/c1-12-7-14-9-19(29-10-16(14)20(12)22(30)31)32-11-15-8-13(4-5-18(15)24)21-17(23(25,26)27)3-2-6-28-21/h2-6,8-10,12,20H,7,11H2,1H3,(H,30,31). The molecule has 2 atom stereocenters. The molecule has 0 saturated carbocycles. The molecule has 4 rings (SSSR count). The zero-order valence-corrected chi connectivity index (χ0v) is 17.7. The van der Waals surface area contributed by atoms with E-state index < -0.39 is 29.4 Å². The van der Waals surface area contributed by atoms with E-state index in [4.69, 9.17) is 0 Å². The molecule has 0 radical (unpaired) electrons. The molecule has 2 unspecified atom stereocenters. The number of thioether (sulfide) groups is 1. The molecule has 0 aliphatic heterocycles. The molecule has 0 amide bonds. The van der Waals surface area contributed by atoms with Gasteiger partial charge in [-0.3, -0.25) is 9.78 Å². The lowest BCUT2D eigenvalue weighted by Crippen LogP contribution is -2.14. The summed E-state index contributed by atoms with van der Waals surface area (Å²) in [5.74, 6) is -1.90. The number of hydrogen-bond donors (Lipinski definition) is 1. The highest BCUT2D eigenvalue weighted by Crippen LogP contribution is 2.40. The third-order valence-electron chi connectivity index (χ3n) is 5.52. The Labute approximate surface area is 185 Å². The smallest absolute Gasteiger partial charge is 0.418 e. The Bertz CT molecular complexity index is 1180. The van der Waals surface area contributed by atoms with Gasteiger partial charge in [-0.25, -0.2) is 9.37 Å². The summed E-state index contributed by atoms with van der Waals surface area (Å²) in [6, 6.07) is 7.75. The summed E-state index contributed by atoms with van der Waals surface area (Å²) in [4.78, 5) is 19.7. The number of hydrogen-bond acceptors (Lipinski definition) is 4. The Morgan fingerprint density at radius 1 is 1.22 bits per heavy atom. The third kappa shape index (κ3) is 4.34. The number of benzene rings is 1. The fourth-order valence-electron chi connectivity index (χ4n) is 4.02. The summed E-state index contributed by atoms with van der Waals surface area (Å²) >= 11 is 1.24. The zero-order valence-electron chi connectivity index (χ0n) is 16.9. The quantitative estimate of drug-likeness (QED) is 0.375. The highest BCUT2D eigenvalue weighted by molar-refractivity contribution is 7.98. The Balaban J connectivity index is 1.58. The van der Waals surface area contributed by atoms with Gasteiger partial charge in [0.1, 0.15) is 5.82 Å². The monoisotopic (exact) mass is 462 g/mol. The van der Waals surface area contributed by atoms with Crippen LogP contribution in [-0.4, -0.2) is 21.0 Å². The van der Waals surface area contributed by atoms with Gasteiger partial charge in [-0.15, -0.1) is 11.8 Å². The first-order chi connectivity index (χ1) is 15.1. The fraction of sp³-hybridized carbons (Fsp3) is 0.261. The van der Waals surface area contributed by atoms with E-state index in [1.54, 1.807) is 6.20 Å². The first-order valence-electron chi connectivity index (χ1n) is 9.80. The SMILES string of the molecule is CC1Cc2cc(SCc3cc(-c4ncccc4C(F)(F)F)ccc3F)ncc2C1C(=O)O. The highest BCUT2D eigenvalue weighted by atomic mass is 32.2. The van der Waals surface area contributed by atoms with E-state index in [2.05, 4.69) is 9.97 Å². The number of pyridine rings is 2. The van der Waals surface area contributed by atoms with Crippen molar-refractivity contribution in [3.05, 3.63) is 76.9 Å². The second kappa shape index (κ2) is 8.54. The van der Waals surface area contributed by atoms with Crippen LogP contribution in [0.2, 0.25) is 0 Å². The maximum atomic E-state index is 14.4. The molecule has 1 aliphatic rings. The summed E-state index contributed by atoms with van der Waals surface area (Å²) in [5.41, 5.74) is 0.862. The molecule has 1 N–H and O–H groups in total. The summed E-state index contributed by atoms with van der Waals surface area (Å²) in [7, 11) is 0. The van der Waals surface area contributed by atoms with E-state index in [-0.39, 0.29) is 28.5 Å². The molecule has 32 heavy (non-hydrogen) atoms. The number of nitrogens with zero attached hydrogens (tertiary/aromatic N) is 2. The molecule has 3 aromatic rings. The number of halogens is 4. The van der Waals surface area contributed by atoms with E-state index in [9.17, 15) is 27.5 Å². The number of carbonyl (C=O) groups is 1. The Morgan fingerprint density at radius 3 is 2.72 bits per heavy atom. The number of aliphatic carboxylic acids is 1. The van der Waals surface area contributed by atoms with Gasteiger partial charge in [-0.1, -0.05) is 6.92 Å². The van der Waals surface area contributed by atoms with Crippen molar-refractivity contribution in [3.8, 4) is 11.3 Å². The lowest BCUT2D eigenvalue weighted by molar-refractivity contribution is -0.140. The van der Waals surface area contributed by atoms with Crippen molar-refractivity contribution in [2.75, 3.05) is 0 Å². The molecule has 0 fully saturated rings. The predicted molar refractivity (Wildman–Crippen MR) is 112 cm³/mol. The van der Waals surface area contributed by atoms with Gasteiger partial charge in [0.05, 0.1) is 22.2 Å². The minimum absolute atomic E-state index is 0.0418. The summed E-state index contributed by atoms with van der Waals surface area (Å²) in [6.45, 7) is 1.87. The summed E-state index contributed by atoms with van der Waals surface area (Å²) < 4.78 is 54.4. The molecule has 0 saturated heterocycles. The van der Waals surface area contributed by atoms with Crippen LogP contribution in [0.3, 0.4) is 0 Å². The molecule has 0 bridgehead atoms. The van der Waals surface area contributed by atoms with Gasteiger partial charge < -0.3 is 5.11 Å². The van der Waals surface area contributed by atoms with E-state index in [0.29, 0.717) is 17.0 Å². The number of rotatable bonds is 5. The van der Waals surface area contributed by atoms with Gasteiger partial charge in [0, 0.05) is 23.7 Å². The second-order valence-electron chi connectivity index (χ2n) is 7.71. The maximum Gasteiger partial charge on any atom is 0.418 e. The van der Waals surface area contributed by atoms with Crippen LogP contribution < -0.4 is 0 Å². The molecule has 0 spiro atoms. The average molecular weight is 462 g/mol. The summed E-state index contributed by atoms with van der Waals surface area (Å²) in [6.07, 6.45) is -1.14. The lowest BCUT2D eigenvalue weighted by Gasteiger charge is -2.13. The summed E-state index contributed by atoms with van der Waals surface area (Å²) in [5, 5.41) is 10.0. The van der Waals surface area contributed by atoms with Crippen molar-refractivity contribution in [1.29, 1.82) is 0 Å². The van der Waals surface area contributed by atoms with Crippen LogP contribution in [0.4, 0.5) is 17.6 Å². The van der Waals surface area contributed by atoms with Crippen LogP contribution in [0, 0.1) is 11.7 Å². The first-order valence-corrected chi connectivity index (χ1v) is 10.8. The van der Waals surface area contributed by atoms with Gasteiger partial charge in [0.2, 0.25) is 0 Å². The number of aromatic nitrogens is 2. The van der Waals surface area contributed by atoms with Gasteiger partial charge in [-0.05, 0) is 65.4 Å².